The smallest absolute Gasteiger partial charge is 0.165 e. The maximum absolute atomic E-state index is 13.4. The van der Waals surface area contributed by atoms with Gasteiger partial charge in [-0.1, -0.05) is 13.0 Å². The van der Waals surface area contributed by atoms with Gasteiger partial charge in [0.1, 0.15) is 0 Å². The van der Waals surface area contributed by atoms with Gasteiger partial charge < -0.3 is 10.5 Å². The van der Waals surface area contributed by atoms with E-state index in [9.17, 15) is 4.39 Å². The molecule has 1 aliphatic rings. The van der Waals surface area contributed by atoms with Gasteiger partial charge in [0, 0.05) is 6.04 Å². The Morgan fingerprint density at radius 2 is 2.25 bits per heavy atom. The van der Waals surface area contributed by atoms with Crippen molar-refractivity contribution in [3.05, 3.63) is 29.6 Å². The van der Waals surface area contributed by atoms with E-state index in [0.29, 0.717) is 5.92 Å². The third kappa shape index (κ3) is 2.35. The second-order valence-corrected chi connectivity index (χ2v) is 4.71. The molecule has 0 bridgehead atoms. The minimum Gasteiger partial charge on any atom is -0.494 e. The topological polar surface area (TPSA) is 35.2 Å². The van der Waals surface area contributed by atoms with Gasteiger partial charge >= 0.3 is 0 Å². The van der Waals surface area contributed by atoms with Crippen LogP contribution in [0.25, 0.3) is 0 Å². The first-order valence-electron chi connectivity index (χ1n) is 5.70. The molecule has 0 heterocycles. The monoisotopic (exact) mass is 223 g/mol. The molecule has 0 aliphatic heterocycles. The van der Waals surface area contributed by atoms with Crippen LogP contribution < -0.4 is 10.5 Å². The minimum atomic E-state index is -0.309. The Hall–Kier alpha value is -1.09. The van der Waals surface area contributed by atoms with Crippen LogP contribution in [-0.4, -0.2) is 13.2 Å². The lowest BCUT2D eigenvalue weighted by Gasteiger charge is -2.11. The molecule has 0 aromatic heterocycles. The van der Waals surface area contributed by atoms with Crippen LogP contribution in [0.15, 0.2) is 18.2 Å². The normalized spacial score (nSPS) is 25.2. The zero-order valence-electron chi connectivity index (χ0n) is 9.74. The summed E-state index contributed by atoms with van der Waals surface area (Å²) in [6, 6.07) is 5.22. The summed E-state index contributed by atoms with van der Waals surface area (Å²) in [5.74, 6) is 1.33. The number of hydrogen-bond donors (Lipinski definition) is 1. The van der Waals surface area contributed by atoms with Crippen LogP contribution in [0.2, 0.25) is 0 Å². The highest BCUT2D eigenvalue weighted by Crippen LogP contribution is 2.40. The van der Waals surface area contributed by atoms with Gasteiger partial charge in [0.25, 0.3) is 0 Å². The average Bonchev–Trinajstić information content (AvgIpc) is 2.96. The standard InChI is InChI=1S/C13H18FNO/c1-8-5-10(8)12(15)7-9-3-4-13(16-2)11(14)6-9/h3-4,6,8,10,12H,5,7,15H2,1-2H3. The van der Waals surface area contributed by atoms with E-state index in [1.165, 1.54) is 19.6 Å². The predicted molar refractivity (Wildman–Crippen MR) is 61.9 cm³/mol. The van der Waals surface area contributed by atoms with Gasteiger partial charge in [-0.2, -0.15) is 0 Å². The predicted octanol–water partition coefficient (Wildman–Crippen LogP) is 2.36. The van der Waals surface area contributed by atoms with Gasteiger partial charge in [0.2, 0.25) is 0 Å². The molecule has 2 rings (SSSR count). The summed E-state index contributed by atoms with van der Waals surface area (Å²) in [4.78, 5) is 0. The summed E-state index contributed by atoms with van der Waals surface area (Å²) in [5, 5.41) is 0. The molecule has 2 nitrogen and oxygen atoms in total. The van der Waals surface area contributed by atoms with E-state index in [4.69, 9.17) is 10.5 Å². The van der Waals surface area contributed by atoms with Crippen molar-refractivity contribution in [3.8, 4) is 5.75 Å². The number of rotatable bonds is 4. The van der Waals surface area contributed by atoms with Crippen molar-refractivity contribution in [1.82, 2.24) is 0 Å². The Balaban J connectivity index is 2.01. The second kappa shape index (κ2) is 4.42. The molecule has 2 N–H and O–H groups in total. The lowest BCUT2D eigenvalue weighted by atomic mass is 10.0. The number of benzene rings is 1. The van der Waals surface area contributed by atoms with Crippen molar-refractivity contribution < 1.29 is 9.13 Å². The summed E-state index contributed by atoms with van der Waals surface area (Å²) in [6.07, 6.45) is 1.95. The molecule has 0 radical (unpaired) electrons. The fourth-order valence-electron chi connectivity index (χ4n) is 2.21. The Bertz CT molecular complexity index is 380. The van der Waals surface area contributed by atoms with Crippen molar-refractivity contribution in [2.45, 2.75) is 25.8 Å². The quantitative estimate of drug-likeness (QED) is 0.850. The van der Waals surface area contributed by atoms with Gasteiger partial charge in [-0.15, -0.1) is 0 Å². The molecule has 16 heavy (non-hydrogen) atoms. The van der Waals surface area contributed by atoms with Gasteiger partial charge in [0.15, 0.2) is 11.6 Å². The van der Waals surface area contributed by atoms with Crippen LogP contribution in [0, 0.1) is 17.7 Å². The van der Waals surface area contributed by atoms with Gasteiger partial charge in [-0.25, -0.2) is 4.39 Å². The first-order valence-corrected chi connectivity index (χ1v) is 5.70. The van der Waals surface area contributed by atoms with Crippen LogP contribution >= 0.6 is 0 Å². The SMILES string of the molecule is COc1ccc(CC(N)C2CC2C)cc1F. The van der Waals surface area contributed by atoms with Crippen molar-refractivity contribution >= 4 is 0 Å². The molecule has 1 fully saturated rings. The van der Waals surface area contributed by atoms with Crippen LogP contribution in [-0.2, 0) is 6.42 Å². The molecule has 0 saturated heterocycles. The summed E-state index contributed by atoms with van der Waals surface area (Å²) in [5.41, 5.74) is 7.02. The highest BCUT2D eigenvalue weighted by atomic mass is 19.1. The van der Waals surface area contributed by atoms with E-state index in [1.807, 2.05) is 6.07 Å². The van der Waals surface area contributed by atoms with Crippen LogP contribution in [0.1, 0.15) is 18.9 Å². The van der Waals surface area contributed by atoms with Crippen molar-refractivity contribution in [1.29, 1.82) is 0 Å². The minimum absolute atomic E-state index is 0.155. The number of methoxy groups -OCH3 is 1. The van der Waals surface area contributed by atoms with Crippen LogP contribution in [0.5, 0.6) is 5.75 Å². The Morgan fingerprint density at radius 1 is 1.56 bits per heavy atom. The molecular formula is C13H18FNO. The molecule has 1 saturated carbocycles. The van der Waals surface area contributed by atoms with Crippen LogP contribution in [0.3, 0.4) is 0 Å². The molecule has 88 valence electrons. The third-order valence-corrected chi connectivity index (χ3v) is 3.41. The van der Waals surface area contributed by atoms with E-state index in [-0.39, 0.29) is 17.6 Å². The lowest BCUT2D eigenvalue weighted by molar-refractivity contribution is 0.386. The largest absolute Gasteiger partial charge is 0.494 e. The maximum atomic E-state index is 13.4. The summed E-state index contributed by atoms with van der Waals surface area (Å²) < 4.78 is 18.3. The molecule has 1 aromatic rings. The second-order valence-electron chi connectivity index (χ2n) is 4.71. The number of ether oxygens (including phenoxy) is 1. The lowest BCUT2D eigenvalue weighted by Crippen LogP contribution is -2.25. The first kappa shape index (κ1) is 11.4. The number of hydrogen-bond acceptors (Lipinski definition) is 2. The molecule has 3 unspecified atom stereocenters. The molecule has 1 aliphatic carbocycles. The molecular weight excluding hydrogens is 205 g/mol. The summed E-state index contributed by atoms with van der Waals surface area (Å²) in [7, 11) is 1.47. The third-order valence-electron chi connectivity index (χ3n) is 3.41. The molecule has 3 atom stereocenters. The average molecular weight is 223 g/mol. The Morgan fingerprint density at radius 3 is 2.75 bits per heavy atom. The summed E-state index contributed by atoms with van der Waals surface area (Å²) >= 11 is 0. The van der Waals surface area contributed by atoms with Gasteiger partial charge in [-0.05, 0) is 42.4 Å². The summed E-state index contributed by atoms with van der Waals surface area (Å²) in [6.45, 7) is 2.21. The van der Waals surface area contributed by atoms with Crippen molar-refractivity contribution in [2.75, 3.05) is 7.11 Å². The van der Waals surface area contributed by atoms with Crippen LogP contribution in [0.4, 0.5) is 4.39 Å². The van der Waals surface area contributed by atoms with E-state index in [0.717, 1.165) is 17.9 Å². The number of halogens is 1. The molecule has 0 amide bonds. The highest BCUT2D eigenvalue weighted by Gasteiger charge is 2.37. The van der Waals surface area contributed by atoms with Gasteiger partial charge in [0.05, 0.1) is 7.11 Å². The first-order chi connectivity index (χ1) is 7.61. The van der Waals surface area contributed by atoms with E-state index in [2.05, 4.69) is 6.92 Å². The number of nitrogens with two attached hydrogens (primary N) is 1. The van der Waals surface area contributed by atoms with Gasteiger partial charge in [-0.3, -0.25) is 0 Å². The fourth-order valence-corrected chi connectivity index (χ4v) is 2.21. The molecule has 0 spiro atoms. The molecule has 3 heteroatoms. The maximum Gasteiger partial charge on any atom is 0.165 e. The molecule has 1 aromatic carbocycles. The van der Waals surface area contributed by atoms with E-state index >= 15 is 0 Å². The van der Waals surface area contributed by atoms with E-state index in [1.54, 1.807) is 6.07 Å². The fraction of sp³-hybridized carbons (Fsp3) is 0.538. The van der Waals surface area contributed by atoms with E-state index < -0.39 is 0 Å². The van der Waals surface area contributed by atoms with Crippen molar-refractivity contribution in [3.63, 3.8) is 0 Å². The highest BCUT2D eigenvalue weighted by molar-refractivity contribution is 5.29. The zero-order chi connectivity index (χ0) is 11.7. The van der Waals surface area contributed by atoms with Crippen molar-refractivity contribution in [2.24, 2.45) is 17.6 Å². The Labute approximate surface area is 95.6 Å². The Kier molecular flexibility index (Phi) is 3.15. The zero-order valence-corrected chi connectivity index (χ0v) is 9.74.